The zero-order valence-corrected chi connectivity index (χ0v) is 25.9. The van der Waals surface area contributed by atoms with Gasteiger partial charge in [-0.2, -0.15) is 13.2 Å². The van der Waals surface area contributed by atoms with E-state index in [4.69, 9.17) is 5.73 Å². The van der Waals surface area contributed by atoms with Crippen molar-refractivity contribution in [2.24, 2.45) is 34.8 Å². The van der Waals surface area contributed by atoms with Crippen LogP contribution in [0.1, 0.15) is 68.1 Å². The van der Waals surface area contributed by atoms with Crippen molar-refractivity contribution in [1.29, 1.82) is 0 Å². The van der Waals surface area contributed by atoms with Crippen LogP contribution in [0.15, 0.2) is 6.07 Å². The first-order valence-electron chi connectivity index (χ1n) is 14.6. The fourth-order valence-corrected chi connectivity index (χ4v) is 7.51. The fourth-order valence-electron chi connectivity index (χ4n) is 7.51. The number of nitrogens with zero attached hydrogens (tertiary/aromatic N) is 2. The average molecular weight is 624 g/mol. The van der Waals surface area contributed by atoms with Crippen molar-refractivity contribution >= 4 is 29.0 Å². The molecule has 44 heavy (non-hydrogen) atoms. The van der Waals surface area contributed by atoms with Crippen molar-refractivity contribution in [2.45, 2.75) is 77.9 Å². The number of likely N-dealkylation sites (N-methyl/N-ethyl adjacent to an activating group) is 1. The Morgan fingerprint density at radius 2 is 1.73 bits per heavy atom. The predicted molar refractivity (Wildman–Crippen MR) is 151 cm³/mol. The molecule has 4 rings (SSSR count). The van der Waals surface area contributed by atoms with E-state index in [1.165, 1.54) is 19.0 Å². The number of phenols is 1. The number of nitrogens with two attached hydrogens (primary N) is 1. The van der Waals surface area contributed by atoms with Crippen molar-refractivity contribution in [3.63, 3.8) is 0 Å². The number of aliphatic hydroxyl groups is 1. The summed E-state index contributed by atoms with van der Waals surface area (Å²) in [4.78, 5) is 69.6. The number of phenolic OH excluding ortho intramolecular Hbond substituents is 1. The van der Waals surface area contributed by atoms with Gasteiger partial charge >= 0.3 is 6.18 Å². The lowest BCUT2D eigenvalue weighted by atomic mass is 9.52. The molecule has 3 aliphatic rings. The number of hydrogen-bond acceptors (Lipinski definition) is 9. The quantitative estimate of drug-likeness (QED) is 0.404. The van der Waals surface area contributed by atoms with Crippen LogP contribution in [0.25, 0.3) is 0 Å². The van der Waals surface area contributed by atoms with Crippen LogP contribution < -0.4 is 5.73 Å². The number of benzene rings is 1. The van der Waals surface area contributed by atoms with Crippen molar-refractivity contribution in [2.75, 3.05) is 20.6 Å². The highest BCUT2D eigenvalue weighted by Gasteiger charge is 2.69. The smallest absolute Gasteiger partial charge is 0.417 e. The number of ketones is 4. The molecular formula is C31H40F3N3O7. The summed E-state index contributed by atoms with van der Waals surface area (Å²) in [6.45, 7) is 9.83. The number of hydrogen-bond donors (Lipinski definition) is 3. The van der Waals surface area contributed by atoms with Gasteiger partial charge in [0, 0.05) is 18.5 Å². The molecule has 242 valence electrons. The molecule has 0 aromatic heterocycles. The number of alkyl halides is 3. The van der Waals surface area contributed by atoms with Gasteiger partial charge in [0.15, 0.2) is 34.7 Å². The molecule has 7 atom stereocenters. The summed E-state index contributed by atoms with van der Waals surface area (Å²) >= 11 is 0. The number of fused-ring (bicyclic) bond motifs is 3. The maximum atomic E-state index is 14.8. The van der Waals surface area contributed by atoms with Gasteiger partial charge in [-0.1, -0.05) is 27.7 Å². The third kappa shape index (κ3) is 5.06. The maximum absolute atomic E-state index is 14.8. The van der Waals surface area contributed by atoms with Crippen LogP contribution >= 0.6 is 0 Å². The summed E-state index contributed by atoms with van der Waals surface area (Å²) in [7, 11) is 2.86. The summed E-state index contributed by atoms with van der Waals surface area (Å²) in [6, 6.07) is -0.603. The minimum Gasteiger partial charge on any atom is -0.507 e. The molecular weight excluding hydrogens is 583 g/mol. The fraction of sp³-hybridized carbons (Fsp3) is 0.645. The third-order valence-corrected chi connectivity index (χ3v) is 10.0. The number of halogens is 3. The lowest BCUT2D eigenvalue weighted by Gasteiger charge is -2.52. The van der Waals surface area contributed by atoms with Gasteiger partial charge in [-0.25, -0.2) is 0 Å². The molecule has 0 bridgehead atoms. The van der Waals surface area contributed by atoms with Gasteiger partial charge in [-0.05, 0) is 68.9 Å². The number of Topliss-reactive ketones (excluding diaryl/α,β-unsaturated/α-hetero) is 4. The molecule has 2 saturated carbocycles. The van der Waals surface area contributed by atoms with Gasteiger partial charge in [-0.15, -0.1) is 0 Å². The summed E-state index contributed by atoms with van der Waals surface area (Å²) in [5.74, 6) is -13.4. The summed E-state index contributed by atoms with van der Waals surface area (Å²) in [5.41, 5.74) is -0.364. The van der Waals surface area contributed by atoms with Crippen molar-refractivity contribution in [3.8, 4) is 5.75 Å². The van der Waals surface area contributed by atoms with Crippen LogP contribution in [-0.4, -0.2) is 87.4 Å². The molecule has 0 saturated heterocycles. The molecule has 2 unspecified atom stereocenters. The first-order valence-corrected chi connectivity index (χ1v) is 14.6. The number of amides is 1. The molecule has 1 amide bonds. The normalized spacial score (nSPS) is 29.9. The second kappa shape index (κ2) is 11.0. The lowest BCUT2D eigenvalue weighted by Crippen LogP contribution is -2.74. The van der Waals surface area contributed by atoms with Crippen LogP contribution in [0.3, 0.4) is 0 Å². The molecule has 3 aliphatic carbocycles. The van der Waals surface area contributed by atoms with Crippen LogP contribution in [0.4, 0.5) is 13.2 Å². The van der Waals surface area contributed by atoms with E-state index < -0.39 is 99.4 Å². The van der Waals surface area contributed by atoms with Gasteiger partial charge < -0.3 is 15.9 Å². The molecule has 0 heterocycles. The molecule has 2 fully saturated rings. The first kappa shape index (κ1) is 33.7. The molecule has 1 aromatic rings. The Morgan fingerprint density at radius 1 is 1.14 bits per heavy atom. The standard InChI is InChI=1S/C31H40F3N3O7/c1-8-37(13(2)29(3,4)5)12-15-11-18(38)20-16(22(15)31(32,33)34)9-14-10-17-23(36(6)7)25(40)21(28(35)43)27(42)30(17,44)26(41)19(14)24(20)39/h11,13-14,17,19,21,23,38,44H,8-10,12H2,1-7H3,(H2,35,43)/t13-,14+,17+,19?,21?,23+,30+/m1/s1. The van der Waals surface area contributed by atoms with E-state index in [-0.39, 0.29) is 30.0 Å². The van der Waals surface area contributed by atoms with E-state index in [9.17, 15) is 47.4 Å². The van der Waals surface area contributed by atoms with Crippen molar-refractivity contribution in [1.82, 2.24) is 9.80 Å². The van der Waals surface area contributed by atoms with E-state index in [1.54, 1.807) is 0 Å². The highest BCUT2D eigenvalue weighted by Crippen LogP contribution is 2.53. The average Bonchev–Trinajstić information content (AvgIpc) is 2.87. The van der Waals surface area contributed by atoms with Crippen LogP contribution in [0.2, 0.25) is 0 Å². The highest BCUT2D eigenvalue weighted by molar-refractivity contribution is 6.32. The van der Waals surface area contributed by atoms with E-state index in [1.807, 2.05) is 39.5 Å². The van der Waals surface area contributed by atoms with Gasteiger partial charge in [0.1, 0.15) is 5.75 Å². The number of primary amides is 1. The predicted octanol–water partition coefficient (Wildman–Crippen LogP) is 2.14. The van der Waals surface area contributed by atoms with Gasteiger partial charge in [-0.3, -0.25) is 33.8 Å². The Hall–Kier alpha value is -3.16. The molecule has 0 aliphatic heterocycles. The Balaban J connectivity index is 1.89. The summed E-state index contributed by atoms with van der Waals surface area (Å²) in [6.07, 6.45) is -5.74. The Kier molecular flexibility index (Phi) is 8.45. The Morgan fingerprint density at radius 3 is 2.20 bits per heavy atom. The number of aromatic hydroxyl groups is 1. The molecule has 0 spiro atoms. The zero-order valence-electron chi connectivity index (χ0n) is 25.9. The zero-order chi connectivity index (χ0) is 33.4. The molecule has 10 nitrogen and oxygen atoms in total. The minimum absolute atomic E-state index is 0.153. The minimum atomic E-state index is -4.93. The van der Waals surface area contributed by atoms with E-state index in [0.29, 0.717) is 6.54 Å². The second-order valence-electron chi connectivity index (χ2n) is 13.7. The van der Waals surface area contributed by atoms with Crippen molar-refractivity contribution < 1.29 is 47.4 Å². The summed E-state index contributed by atoms with van der Waals surface area (Å²) in [5, 5.41) is 22.7. The van der Waals surface area contributed by atoms with Gasteiger partial charge in [0.25, 0.3) is 0 Å². The molecule has 1 aromatic carbocycles. The largest absolute Gasteiger partial charge is 0.507 e. The molecule has 4 N–H and O–H groups in total. The second-order valence-corrected chi connectivity index (χ2v) is 13.7. The van der Waals surface area contributed by atoms with Gasteiger partial charge in [0.2, 0.25) is 5.91 Å². The molecule has 0 radical (unpaired) electrons. The van der Waals surface area contributed by atoms with Gasteiger partial charge in [0.05, 0.1) is 23.1 Å². The van der Waals surface area contributed by atoms with E-state index >= 15 is 0 Å². The van der Waals surface area contributed by atoms with Crippen molar-refractivity contribution in [3.05, 3.63) is 28.3 Å². The maximum Gasteiger partial charge on any atom is 0.417 e. The van der Waals surface area contributed by atoms with E-state index in [2.05, 4.69) is 0 Å². The highest BCUT2D eigenvalue weighted by atomic mass is 19.4. The Labute approximate surface area is 253 Å². The van der Waals surface area contributed by atoms with E-state index in [0.717, 1.165) is 6.07 Å². The molecule has 13 heteroatoms. The monoisotopic (exact) mass is 623 g/mol. The number of rotatable bonds is 6. The lowest BCUT2D eigenvalue weighted by molar-refractivity contribution is -0.181. The van der Waals surface area contributed by atoms with Crippen LogP contribution in [0.5, 0.6) is 5.75 Å². The third-order valence-electron chi connectivity index (χ3n) is 10.0. The number of carbonyl (C=O) groups excluding carboxylic acids is 5. The first-order chi connectivity index (χ1) is 20.1. The number of carbonyl (C=O) groups is 5. The topological polar surface area (TPSA) is 158 Å². The SMILES string of the molecule is CCN(Cc1cc(O)c2c(c1C(F)(F)F)C[C@H]1C[C@H]3[C@H](N(C)C)C(=O)C(C(N)=O)C(=O)[C@@]3(O)C(=O)C1C2=O)[C@H](C)C(C)(C)C. The van der Waals surface area contributed by atoms with Crippen LogP contribution in [0, 0.1) is 29.1 Å². The van der Waals surface area contributed by atoms with Crippen LogP contribution in [-0.2, 0) is 38.3 Å². The summed E-state index contributed by atoms with van der Waals surface area (Å²) < 4.78 is 44.5. The Bertz CT molecular complexity index is 1430.